The number of aliphatic hydroxyl groups is 1. The highest BCUT2D eigenvalue weighted by atomic mass is 16.5. The number of methoxy groups -OCH3 is 1. The van der Waals surface area contributed by atoms with E-state index in [1.165, 1.54) is 0 Å². The van der Waals surface area contributed by atoms with Crippen molar-refractivity contribution in [2.24, 2.45) is 0 Å². The third-order valence-corrected chi connectivity index (χ3v) is 5.72. The van der Waals surface area contributed by atoms with E-state index in [0.29, 0.717) is 40.5 Å². The maximum absolute atomic E-state index is 9.22. The van der Waals surface area contributed by atoms with Gasteiger partial charge in [-0.3, -0.25) is 0 Å². The lowest BCUT2D eigenvalue weighted by atomic mass is 10.2. The first kappa shape index (κ1) is 24.9. The Bertz CT molecular complexity index is 1500. The Hall–Kier alpha value is -4.76. The molecule has 0 atom stereocenters. The van der Waals surface area contributed by atoms with Gasteiger partial charge in [0.05, 0.1) is 31.2 Å². The van der Waals surface area contributed by atoms with Crippen LogP contribution in [0.25, 0.3) is 23.4 Å². The first-order valence-corrected chi connectivity index (χ1v) is 12.0. The number of aryl methyl sites for hydroxylation is 1. The average molecular weight is 514 g/mol. The number of furan rings is 1. The molecule has 0 spiro atoms. The van der Waals surface area contributed by atoms with E-state index in [1.54, 1.807) is 42.3 Å². The van der Waals surface area contributed by atoms with Crippen LogP contribution in [-0.4, -0.2) is 33.6 Å². The van der Waals surface area contributed by atoms with Crippen LogP contribution in [0.4, 0.5) is 0 Å². The van der Waals surface area contributed by atoms with Crippen LogP contribution in [0.3, 0.4) is 0 Å². The number of rotatable bonds is 11. The minimum atomic E-state index is -0.0767. The Morgan fingerprint density at radius 1 is 1.00 bits per heavy atom. The predicted molar refractivity (Wildman–Crippen MR) is 140 cm³/mol. The second kappa shape index (κ2) is 11.5. The summed E-state index contributed by atoms with van der Waals surface area (Å²) in [6.45, 7) is 2.22. The summed E-state index contributed by atoms with van der Waals surface area (Å²) >= 11 is 0. The summed E-state index contributed by atoms with van der Waals surface area (Å²) < 4.78 is 30.4. The third kappa shape index (κ3) is 5.63. The molecule has 9 heteroatoms. The zero-order chi connectivity index (χ0) is 26.3. The maximum atomic E-state index is 9.22. The monoisotopic (exact) mass is 513 g/mol. The van der Waals surface area contributed by atoms with Crippen molar-refractivity contribution < 1.29 is 28.2 Å². The van der Waals surface area contributed by atoms with Gasteiger partial charge in [0.25, 0.3) is 5.89 Å². The van der Waals surface area contributed by atoms with Gasteiger partial charge in [-0.1, -0.05) is 30.3 Å². The Labute approximate surface area is 219 Å². The topological polar surface area (TPSA) is 105 Å². The number of nitrogens with zero attached hydrogens (tertiary/aromatic N) is 3. The van der Waals surface area contributed by atoms with Gasteiger partial charge >= 0.3 is 0 Å². The second-order valence-electron chi connectivity index (χ2n) is 8.32. The molecule has 38 heavy (non-hydrogen) atoms. The molecule has 0 aliphatic rings. The summed E-state index contributed by atoms with van der Waals surface area (Å²) in [5, 5.41) is 13.8. The van der Waals surface area contributed by atoms with E-state index in [1.807, 2.05) is 61.7 Å². The van der Waals surface area contributed by atoms with E-state index in [-0.39, 0.29) is 19.8 Å². The maximum Gasteiger partial charge on any atom is 0.263 e. The summed E-state index contributed by atoms with van der Waals surface area (Å²) in [6, 6.07) is 18.9. The normalized spacial score (nSPS) is 11.2. The van der Waals surface area contributed by atoms with E-state index in [9.17, 15) is 5.11 Å². The zero-order valence-corrected chi connectivity index (χ0v) is 21.0. The summed E-state index contributed by atoms with van der Waals surface area (Å²) in [5.41, 5.74) is 3.20. The van der Waals surface area contributed by atoms with Gasteiger partial charge in [0.15, 0.2) is 17.3 Å². The molecule has 9 nitrogen and oxygen atoms in total. The predicted octanol–water partition coefficient (Wildman–Crippen LogP) is 5.60. The first-order valence-electron chi connectivity index (χ1n) is 12.0. The summed E-state index contributed by atoms with van der Waals surface area (Å²) in [7, 11) is 1.59. The highest BCUT2D eigenvalue weighted by Crippen LogP contribution is 2.31. The van der Waals surface area contributed by atoms with Crippen molar-refractivity contribution in [3.05, 3.63) is 102 Å². The fourth-order valence-electron chi connectivity index (χ4n) is 3.78. The lowest BCUT2D eigenvalue weighted by Gasteiger charge is -2.12. The molecule has 0 saturated carbocycles. The van der Waals surface area contributed by atoms with E-state index >= 15 is 0 Å². The van der Waals surface area contributed by atoms with Crippen molar-refractivity contribution in [2.45, 2.75) is 20.1 Å². The summed E-state index contributed by atoms with van der Waals surface area (Å²) in [6.07, 6.45) is 6.85. The van der Waals surface area contributed by atoms with Crippen LogP contribution < -0.4 is 14.2 Å². The standard InChI is InChI=1S/C29H27N3O6/c1-20-24(30-29(38-20)26-11-7-15-35-26)19-36-25-13-12-21(16-27(25)34-2)18-37-28-22(8-6-14-33)17-32(31-28)23-9-4-3-5-10-23/h3-13,15-17,33H,14,18-19H2,1-2H3. The quantitative estimate of drug-likeness (QED) is 0.243. The van der Waals surface area contributed by atoms with Crippen molar-refractivity contribution in [2.75, 3.05) is 13.7 Å². The fraction of sp³-hybridized carbons (Fsp3) is 0.172. The van der Waals surface area contributed by atoms with Crippen LogP contribution in [0, 0.1) is 6.92 Å². The van der Waals surface area contributed by atoms with E-state index < -0.39 is 0 Å². The number of ether oxygens (including phenoxy) is 3. The van der Waals surface area contributed by atoms with Gasteiger partial charge in [-0.15, -0.1) is 5.10 Å². The molecule has 0 unspecified atom stereocenters. The molecule has 0 bridgehead atoms. The van der Waals surface area contributed by atoms with E-state index in [0.717, 1.165) is 16.8 Å². The number of para-hydroxylation sites is 1. The molecule has 5 aromatic rings. The molecule has 1 N–H and O–H groups in total. The summed E-state index contributed by atoms with van der Waals surface area (Å²) in [5.74, 6) is 3.21. The van der Waals surface area contributed by atoms with Crippen LogP contribution in [0.2, 0.25) is 0 Å². The van der Waals surface area contributed by atoms with Gasteiger partial charge in [0, 0.05) is 6.20 Å². The van der Waals surface area contributed by atoms with Gasteiger partial charge < -0.3 is 28.2 Å². The molecule has 0 amide bonds. The molecule has 2 aromatic carbocycles. The first-order chi connectivity index (χ1) is 18.6. The molecule has 0 aliphatic carbocycles. The minimum Gasteiger partial charge on any atom is -0.493 e. The summed E-state index contributed by atoms with van der Waals surface area (Å²) in [4.78, 5) is 4.48. The Kier molecular flexibility index (Phi) is 7.56. The van der Waals surface area contributed by atoms with Crippen molar-refractivity contribution in [1.29, 1.82) is 0 Å². The highest BCUT2D eigenvalue weighted by Gasteiger charge is 2.16. The van der Waals surface area contributed by atoms with Gasteiger partial charge in [-0.05, 0) is 55.0 Å². The number of aromatic nitrogens is 3. The fourth-order valence-corrected chi connectivity index (χ4v) is 3.78. The Balaban J connectivity index is 1.28. The molecule has 5 rings (SSSR count). The molecule has 3 heterocycles. The van der Waals surface area contributed by atoms with Crippen molar-refractivity contribution in [1.82, 2.24) is 14.8 Å². The Morgan fingerprint density at radius 3 is 2.63 bits per heavy atom. The molecular weight excluding hydrogens is 486 g/mol. The Morgan fingerprint density at radius 2 is 1.87 bits per heavy atom. The molecular formula is C29H27N3O6. The van der Waals surface area contributed by atoms with Gasteiger partial charge in [-0.25, -0.2) is 9.67 Å². The highest BCUT2D eigenvalue weighted by molar-refractivity contribution is 5.55. The van der Waals surface area contributed by atoms with Crippen molar-refractivity contribution in [3.8, 4) is 34.7 Å². The molecule has 3 aromatic heterocycles. The van der Waals surface area contributed by atoms with E-state index in [2.05, 4.69) is 10.1 Å². The SMILES string of the molecule is COc1cc(COc2nn(-c3ccccc3)cc2C=CCO)ccc1OCc1nc(-c2ccco2)oc1C. The largest absolute Gasteiger partial charge is 0.493 e. The smallest absolute Gasteiger partial charge is 0.263 e. The lowest BCUT2D eigenvalue weighted by Crippen LogP contribution is -2.02. The van der Waals surface area contributed by atoms with Gasteiger partial charge in [0.1, 0.15) is 24.7 Å². The third-order valence-electron chi connectivity index (χ3n) is 5.72. The van der Waals surface area contributed by atoms with E-state index in [4.69, 9.17) is 23.0 Å². The number of oxazole rings is 1. The second-order valence-corrected chi connectivity index (χ2v) is 8.32. The van der Waals surface area contributed by atoms with Crippen LogP contribution >= 0.6 is 0 Å². The van der Waals surface area contributed by atoms with Gasteiger partial charge in [-0.2, -0.15) is 0 Å². The minimum absolute atomic E-state index is 0.0767. The lowest BCUT2D eigenvalue weighted by molar-refractivity contribution is 0.275. The molecule has 0 aliphatic heterocycles. The molecule has 0 radical (unpaired) electrons. The molecule has 0 saturated heterocycles. The average Bonchev–Trinajstić information content (AvgIpc) is 3.70. The number of hydrogen-bond acceptors (Lipinski definition) is 8. The number of benzene rings is 2. The number of hydrogen-bond donors (Lipinski definition) is 1. The van der Waals surface area contributed by atoms with Gasteiger partial charge in [0.2, 0.25) is 5.88 Å². The van der Waals surface area contributed by atoms with Crippen molar-refractivity contribution >= 4 is 6.08 Å². The van der Waals surface area contributed by atoms with Crippen LogP contribution in [0.15, 0.2) is 88.0 Å². The zero-order valence-electron chi connectivity index (χ0n) is 21.0. The molecule has 194 valence electrons. The van der Waals surface area contributed by atoms with Crippen LogP contribution in [-0.2, 0) is 13.2 Å². The van der Waals surface area contributed by atoms with Crippen LogP contribution in [0.1, 0.15) is 22.6 Å². The van der Waals surface area contributed by atoms with Crippen LogP contribution in [0.5, 0.6) is 17.4 Å². The van der Waals surface area contributed by atoms with Crippen molar-refractivity contribution in [3.63, 3.8) is 0 Å². The number of aliphatic hydroxyl groups excluding tert-OH is 1. The molecule has 0 fully saturated rings.